The van der Waals surface area contributed by atoms with Gasteiger partial charge in [-0.15, -0.1) is 0 Å². The standard InChI is InChI=1S/C16H26N2O2/c1-12(14-9-15(19)11-16(20)10-14)18-7-4-13(5-8-18)3-6-17-2/h9-13,17,19-20H,3-8H2,1-2H3. The zero-order chi connectivity index (χ0) is 14.5. The van der Waals surface area contributed by atoms with Gasteiger partial charge in [-0.25, -0.2) is 0 Å². The second-order valence-electron chi connectivity index (χ2n) is 5.83. The monoisotopic (exact) mass is 278 g/mol. The maximum Gasteiger partial charge on any atom is 0.119 e. The highest BCUT2D eigenvalue weighted by Gasteiger charge is 2.23. The van der Waals surface area contributed by atoms with Crippen LogP contribution in [-0.2, 0) is 0 Å². The molecule has 4 heteroatoms. The third-order valence-electron chi connectivity index (χ3n) is 4.41. The second kappa shape index (κ2) is 6.95. The molecule has 1 aromatic rings. The molecule has 0 spiro atoms. The van der Waals surface area contributed by atoms with E-state index in [1.807, 2.05) is 7.05 Å². The normalized spacial score (nSPS) is 19.1. The van der Waals surface area contributed by atoms with Gasteiger partial charge in [-0.05, 0) is 76.5 Å². The molecule has 0 amide bonds. The van der Waals surface area contributed by atoms with E-state index in [1.54, 1.807) is 12.1 Å². The van der Waals surface area contributed by atoms with Crippen LogP contribution in [0, 0.1) is 5.92 Å². The van der Waals surface area contributed by atoms with E-state index in [2.05, 4.69) is 17.1 Å². The highest BCUT2D eigenvalue weighted by atomic mass is 16.3. The number of piperidine rings is 1. The summed E-state index contributed by atoms with van der Waals surface area (Å²) in [4.78, 5) is 2.43. The molecular weight excluding hydrogens is 252 g/mol. The first-order valence-corrected chi connectivity index (χ1v) is 7.51. The van der Waals surface area contributed by atoms with Gasteiger partial charge >= 0.3 is 0 Å². The predicted octanol–water partition coefficient (Wildman–Crippen LogP) is 2.48. The first kappa shape index (κ1) is 15.1. The minimum atomic E-state index is 0.135. The molecule has 4 nitrogen and oxygen atoms in total. The van der Waals surface area contributed by atoms with E-state index in [4.69, 9.17) is 0 Å². The minimum absolute atomic E-state index is 0.135. The Labute approximate surface area is 121 Å². The van der Waals surface area contributed by atoms with Gasteiger partial charge in [-0.2, -0.15) is 0 Å². The summed E-state index contributed by atoms with van der Waals surface area (Å²) in [6.07, 6.45) is 3.72. The zero-order valence-electron chi connectivity index (χ0n) is 12.5. The summed E-state index contributed by atoms with van der Waals surface area (Å²) in [5.41, 5.74) is 0.983. The first-order valence-electron chi connectivity index (χ1n) is 7.51. The topological polar surface area (TPSA) is 55.7 Å². The maximum absolute atomic E-state index is 9.59. The van der Waals surface area contributed by atoms with Gasteiger partial charge in [0.1, 0.15) is 11.5 Å². The van der Waals surface area contributed by atoms with E-state index in [-0.39, 0.29) is 17.5 Å². The average Bonchev–Trinajstić information content (AvgIpc) is 2.44. The highest BCUT2D eigenvalue weighted by Crippen LogP contribution is 2.31. The predicted molar refractivity (Wildman–Crippen MR) is 81.0 cm³/mol. The third kappa shape index (κ3) is 3.87. The van der Waals surface area contributed by atoms with Crippen LogP contribution in [0.5, 0.6) is 11.5 Å². The van der Waals surface area contributed by atoms with Crippen LogP contribution in [-0.4, -0.2) is 41.8 Å². The van der Waals surface area contributed by atoms with Crippen LogP contribution in [0.15, 0.2) is 18.2 Å². The number of nitrogens with one attached hydrogen (secondary N) is 1. The Bertz CT molecular complexity index is 408. The molecule has 2 rings (SSSR count). The van der Waals surface area contributed by atoms with Crippen LogP contribution in [0.3, 0.4) is 0 Å². The number of likely N-dealkylation sites (tertiary alicyclic amines) is 1. The van der Waals surface area contributed by atoms with Crippen molar-refractivity contribution in [1.82, 2.24) is 10.2 Å². The molecule has 1 aliphatic rings. The molecule has 3 N–H and O–H groups in total. The molecule has 1 atom stereocenters. The number of aromatic hydroxyl groups is 2. The van der Waals surface area contributed by atoms with E-state index in [9.17, 15) is 10.2 Å². The lowest BCUT2D eigenvalue weighted by molar-refractivity contribution is 0.137. The maximum atomic E-state index is 9.59. The average molecular weight is 278 g/mol. The number of hydrogen-bond donors (Lipinski definition) is 3. The molecule has 0 saturated carbocycles. The molecule has 0 radical (unpaired) electrons. The number of benzene rings is 1. The minimum Gasteiger partial charge on any atom is -0.508 e. The summed E-state index contributed by atoms with van der Waals surface area (Å²) in [6.45, 7) is 5.42. The van der Waals surface area contributed by atoms with E-state index in [1.165, 1.54) is 25.3 Å². The summed E-state index contributed by atoms with van der Waals surface area (Å²) in [5, 5.41) is 22.4. The summed E-state index contributed by atoms with van der Waals surface area (Å²) < 4.78 is 0. The summed E-state index contributed by atoms with van der Waals surface area (Å²) >= 11 is 0. The smallest absolute Gasteiger partial charge is 0.119 e. The Hall–Kier alpha value is -1.26. The molecule has 20 heavy (non-hydrogen) atoms. The third-order valence-corrected chi connectivity index (χ3v) is 4.41. The quantitative estimate of drug-likeness (QED) is 0.774. The van der Waals surface area contributed by atoms with Crippen molar-refractivity contribution in [2.75, 3.05) is 26.7 Å². The Morgan fingerprint density at radius 1 is 1.20 bits per heavy atom. The molecule has 1 aliphatic heterocycles. The van der Waals surface area contributed by atoms with E-state index >= 15 is 0 Å². The van der Waals surface area contributed by atoms with Gasteiger partial charge in [0.15, 0.2) is 0 Å². The fraction of sp³-hybridized carbons (Fsp3) is 0.625. The van der Waals surface area contributed by atoms with Crippen molar-refractivity contribution in [3.05, 3.63) is 23.8 Å². The van der Waals surface area contributed by atoms with E-state index in [0.29, 0.717) is 0 Å². The summed E-state index contributed by atoms with van der Waals surface area (Å²) in [7, 11) is 2.01. The molecule has 112 valence electrons. The molecule has 0 aliphatic carbocycles. The number of phenols is 2. The SMILES string of the molecule is CNCCC1CCN(C(C)c2cc(O)cc(O)c2)CC1. The van der Waals surface area contributed by atoms with Crippen molar-refractivity contribution in [1.29, 1.82) is 0 Å². The van der Waals surface area contributed by atoms with Gasteiger partial charge < -0.3 is 15.5 Å². The van der Waals surface area contributed by atoms with Gasteiger partial charge in [0, 0.05) is 12.1 Å². The summed E-state index contributed by atoms with van der Waals surface area (Å²) in [5.74, 6) is 1.09. The van der Waals surface area contributed by atoms with Gasteiger partial charge in [0.2, 0.25) is 0 Å². The van der Waals surface area contributed by atoms with Crippen LogP contribution in [0.1, 0.15) is 37.8 Å². The summed E-state index contributed by atoms with van der Waals surface area (Å²) in [6, 6.07) is 5.10. The molecular formula is C16H26N2O2. The van der Waals surface area contributed by atoms with Crippen molar-refractivity contribution in [3.8, 4) is 11.5 Å². The largest absolute Gasteiger partial charge is 0.508 e. The van der Waals surface area contributed by atoms with Crippen LogP contribution in [0.2, 0.25) is 0 Å². The number of phenolic OH excluding ortho intramolecular Hbond substituents is 2. The Kier molecular flexibility index (Phi) is 5.26. The lowest BCUT2D eigenvalue weighted by Gasteiger charge is -2.36. The highest BCUT2D eigenvalue weighted by molar-refractivity contribution is 5.38. The van der Waals surface area contributed by atoms with Crippen molar-refractivity contribution in [2.45, 2.75) is 32.2 Å². The van der Waals surface area contributed by atoms with Gasteiger partial charge in [0.05, 0.1) is 0 Å². The Morgan fingerprint density at radius 2 is 1.80 bits per heavy atom. The van der Waals surface area contributed by atoms with Crippen LogP contribution in [0.4, 0.5) is 0 Å². The number of rotatable bonds is 5. The lowest BCUT2D eigenvalue weighted by atomic mass is 9.92. The molecule has 0 bridgehead atoms. The molecule has 1 heterocycles. The van der Waals surface area contributed by atoms with Gasteiger partial charge in [0.25, 0.3) is 0 Å². The molecule has 1 aromatic carbocycles. The van der Waals surface area contributed by atoms with Gasteiger partial charge in [-0.1, -0.05) is 0 Å². The zero-order valence-corrected chi connectivity index (χ0v) is 12.5. The Balaban J connectivity index is 1.92. The van der Waals surface area contributed by atoms with Crippen LogP contribution >= 0.6 is 0 Å². The van der Waals surface area contributed by atoms with E-state index < -0.39 is 0 Å². The van der Waals surface area contributed by atoms with E-state index in [0.717, 1.165) is 31.1 Å². The second-order valence-corrected chi connectivity index (χ2v) is 5.83. The van der Waals surface area contributed by atoms with Crippen LogP contribution < -0.4 is 5.32 Å². The van der Waals surface area contributed by atoms with Crippen LogP contribution in [0.25, 0.3) is 0 Å². The Morgan fingerprint density at radius 3 is 2.35 bits per heavy atom. The van der Waals surface area contributed by atoms with Gasteiger partial charge in [-0.3, -0.25) is 4.90 Å². The molecule has 1 unspecified atom stereocenters. The van der Waals surface area contributed by atoms with Crippen molar-refractivity contribution in [2.24, 2.45) is 5.92 Å². The molecule has 1 saturated heterocycles. The number of nitrogens with zero attached hydrogens (tertiary/aromatic N) is 1. The fourth-order valence-corrected chi connectivity index (χ4v) is 3.05. The first-order chi connectivity index (χ1) is 9.60. The fourth-order valence-electron chi connectivity index (χ4n) is 3.05. The lowest BCUT2D eigenvalue weighted by Crippen LogP contribution is -2.36. The van der Waals surface area contributed by atoms with Crippen molar-refractivity contribution < 1.29 is 10.2 Å². The molecule has 1 fully saturated rings. The van der Waals surface area contributed by atoms with Crippen molar-refractivity contribution >= 4 is 0 Å². The number of hydrogen-bond acceptors (Lipinski definition) is 4. The molecule has 0 aromatic heterocycles. The van der Waals surface area contributed by atoms with Crippen molar-refractivity contribution in [3.63, 3.8) is 0 Å².